The van der Waals surface area contributed by atoms with Gasteiger partial charge >= 0.3 is 6.09 Å². The van der Waals surface area contributed by atoms with Crippen molar-refractivity contribution < 1.29 is 18.8 Å². The van der Waals surface area contributed by atoms with Crippen LogP contribution in [0, 0.1) is 15.9 Å². The van der Waals surface area contributed by atoms with Gasteiger partial charge in [0.05, 0.1) is 11.0 Å². The van der Waals surface area contributed by atoms with E-state index in [0.29, 0.717) is 18.8 Å². The number of carbonyl (C=O) groups is 1. The number of alkyl carbamates (subject to hydrolysis) is 1. The molecular weight excluding hydrogens is 329 g/mol. The van der Waals surface area contributed by atoms with Crippen LogP contribution in [-0.4, -0.2) is 35.7 Å². The smallest absolute Gasteiger partial charge is 0.407 e. The molecule has 0 aromatic heterocycles. The van der Waals surface area contributed by atoms with Gasteiger partial charge in [0.2, 0.25) is 0 Å². The summed E-state index contributed by atoms with van der Waals surface area (Å²) in [7, 11) is 0. The second-order valence-electron chi connectivity index (χ2n) is 7.12. The van der Waals surface area contributed by atoms with E-state index in [2.05, 4.69) is 5.32 Å². The van der Waals surface area contributed by atoms with E-state index in [1.807, 2.05) is 4.90 Å². The Labute approximate surface area is 146 Å². The molecule has 1 fully saturated rings. The molecule has 1 aromatic carbocycles. The number of amides is 1. The second-order valence-corrected chi connectivity index (χ2v) is 7.12. The normalized spacial score (nSPS) is 17.9. The zero-order valence-corrected chi connectivity index (χ0v) is 14.8. The van der Waals surface area contributed by atoms with E-state index >= 15 is 0 Å². The highest BCUT2D eigenvalue weighted by Gasteiger charge is 2.29. The molecule has 1 heterocycles. The summed E-state index contributed by atoms with van der Waals surface area (Å²) in [5.74, 6) is -0.643. The van der Waals surface area contributed by atoms with Gasteiger partial charge in [-0.1, -0.05) is 0 Å². The maximum atomic E-state index is 13.4. The summed E-state index contributed by atoms with van der Waals surface area (Å²) in [6.45, 7) is 6.26. The quantitative estimate of drug-likeness (QED) is 0.660. The van der Waals surface area contributed by atoms with Crippen molar-refractivity contribution in [1.82, 2.24) is 5.32 Å². The van der Waals surface area contributed by atoms with Crippen molar-refractivity contribution in [3.05, 3.63) is 34.1 Å². The second kappa shape index (κ2) is 7.67. The SMILES string of the molecule is CC(C)(C)OC(=O)NCC1CCCCN1c1ccc(F)cc1[N+](=O)[O-]. The topological polar surface area (TPSA) is 84.7 Å². The largest absolute Gasteiger partial charge is 0.444 e. The number of nitrogens with one attached hydrogen (secondary N) is 1. The van der Waals surface area contributed by atoms with Crippen molar-refractivity contribution in [1.29, 1.82) is 0 Å². The van der Waals surface area contributed by atoms with Gasteiger partial charge in [0.15, 0.2) is 0 Å². The zero-order valence-electron chi connectivity index (χ0n) is 14.8. The predicted molar refractivity (Wildman–Crippen MR) is 92.3 cm³/mol. The van der Waals surface area contributed by atoms with Gasteiger partial charge in [-0.25, -0.2) is 9.18 Å². The molecule has 1 aliphatic heterocycles. The van der Waals surface area contributed by atoms with Crippen LogP contribution >= 0.6 is 0 Å². The van der Waals surface area contributed by atoms with Crippen LogP contribution in [0.1, 0.15) is 40.0 Å². The number of carbonyl (C=O) groups excluding carboxylic acids is 1. The molecule has 8 heteroatoms. The third-order valence-corrected chi connectivity index (χ3v) is 3.95. The van der Waals surface area contributed by atoms with Gasteiger partial charge in [0, 0.05) is 19.1 Å². The Hall–Kier alpha value is -2.38. The average Bonchev–Trinajstić information content (AvgIpc) is 2.51. The Morgan fingerprint density at radius 2 is 2.16 bits per heavy atom. The molecule has 1 N–H and O–H groups in total. The fraction of sp³-hybridized carbons (Fsp3) is 0.588. The predicted octanol–water partition coefficient (Wildman–Crippen LogP) is 3.62. The number of anilines is 1. The fourth-order valence-corrected chi connectivity index (χ4v) is 2.93. The first-order valence-corrected chi connectivity index (χ1v) is 8.35. The Bertz CT molecular complexity index is 645. The standard InChI is InChI=1S/C17H24FN3O4/c1-17(2,3)25-16(22)19-11-13-6-4-5-9-20(13)14-8-7-12(18)10-15(14)21(23)24/h7-8,10,13H,4-6,9,11H2,1-3H3,(H,19,22). The molecule has 0 bridgehead atoms. The highest BCUT2D eigenvalue weighted by Crippen LogP contribution is 2.33. The molecule has 0 spiro atoms. The number of piperidine rings is 1. The van der Waals surface area contributed by atoms with Crippen molar-refractivity contribution in [3.63, 3.8) is 0 Å². The summed E-state index contributed by atoms with van der Waals surface area (Å²) in [5.41, 5.74) is -0.474. The molecule has 7 nitrogen and oxygen atoms in total. The minimum atomic E-state index is -0.643. The Kier molecular flexibility index (Phi) is 5.81. The van der Waals surface area contributed by atoms with E-state index in [1.54, 1.807) is 20.8 Å². The lowest BCUT2D eigenvalue weighted by molar-refractivity contribution is -0.384. The molecule has 1 saturated heterocycles. The highest BCUT2D eigenvalue weighted by atomic mass is 19.1. The molecule has 138 valence electrons. The lowest BCUT2D eigenvalue weighted by atomic mass is 10.0. The summed E-state index contributed by atoms with van der Waals surface area (Å²) in [4.78, 5) is 24.4. The minimum Gasteiger partial charge on any atom is -0.444 e. The van der Waals surface area contributed by atoms with Gasteiger partial charge in [0.1, 0.15) is 17.1 Å². The van der Waals surface area contributed by atoms with Crippen LogP contribution in [0.4, 0.5) is 20.6 Å². The van der Waals surface area contributed by atoms with Crippen LogP contribution in [0.3, 0.4) is 0 Å². The Morgan fingerprint density at radius 1 is 1.44 bits per heavy atom. The maximum absolute atomic E-state index is 13.4. The number of hydrogen-bond donors (Lipinski definition) is 1. The summed E-state index contributed by atoms with van der Waals surface area (Å²) in [5, 5.41) is 14.0. The number of benzene rings is 1. The molecule has 1 aliphatic rings. The van der Waals surface area contributed by atoms with E-state index < -0.39 is 22.4 Å². The lowest BCUT2D eigenvalue weighted by Gasteiger charge is -2.37. The summed E-state index contributed by atoms with van der Waals surface area (Å²) < 4.78 is 18.6. The van der Waals surface area contributed by atoms with Crippen molar-refractivity contribution in [2.45, 2.75) is 51.7 Å². The van der Waals surface area contributed by atoms with Crippen LogP contribution < -0.4 is 10.2 Å². The van der Waals surface area contributed by atoms with Gasteiger partial charge in [-0.3, -0.25) is 10.1 Å². The van der Waals surface area contributed by atoms with Gasteiger partial charge < -0.3 is 15.0 Å². The monoisotopic (exact) mass is 353 g/mol. The number of nitrogens with zero attached hydrogens (tertiary/aromatic N) is 2. The van der Waals surface area contributed by atoms with Crippen molar-refractivity contribution in [2.24, 2.45) is 0 Å². The number of nitro benzene ring substituents is 1. The summed E-state index contributed by atoms with van der Waals surface area (Å²) >= 11 is 0. The summed E-state index contributed by atoms with van der Waals surface area (Å²) in [6, 6.07) is 3.47. The highest BCUT2D eigenvalue weighted by molar-refractivity contribution is 5.68. The number of halogens is 1. The fourth-order valence-electron chi connectivity index (χ4n) is 2.93. The first-order chi connectivity index (χ1) is 11.7. The van der Waals surface area contributed by atoms with E-state index in [4.69, 9.17) is 4.74 Å². The van der Waals surface area contributed by atoms with Crippen molar-refractivity contribution >= 4 is 17.5 Å². The maximum Gasteiger partial charge on any atom is 0.407 e. The number of hydrogen-bond acceptors (Lipinski definition) is 5. The third kappa shape index (κ3) is 5.30. The van der Waals surface area contributed by atoms with Gasteiger partial charge in [-0.15, -0.1) is 0 Å². The van der Waals surface area contributed by atoms with E-state index in [0.717, 1.165) is 25.3 Å². The van der Waals surface area contributed by atoms with Crippen LogP contribution in [-0.2, 0) is 4.74 Å². The number of nitro groups is 1. The molecule has 25 heavy (non-hydrogen) atoms. The first-order valence-electron chi connectivity index (χ1n) is 8.35. The molecule has 1 atom stereocenters. The Balaban J connectivity index is 2.13. The molecule has 0 aliphatic carbocycles. The minimum absolute atomic E-state index is 0.106. The van der Waals surface area contributed by atoms with Crippen LogP contribution in [0.2, 0.25) is 0 Å². The molecule has 1 amide bonds. The van der Waals surface area contributed by atoms with Gasteiger partial charge in [-0.05, 0) is 52.2 Å². The van der Waals surface area contributed by atoms with Crippen molar-refractivity contribution in [3.8, 4) is 0 Å². The molecule has 1 aromatic rings. The Morgan fingerprint density at radius 3 is 2.80 bits per heavy atom. The zero-order chi connectivity index (χ0) is 18.6. The van der Waals surface area contributed by atoms with Gasteiger partial charge in [0.25, 0.3) is 5.69 Å². The van der Waals surface area contributed by atoms with Crippen LogP contribution in [0.5, 0.6) is 0 Å². The molecule has 2 rings (SSSR count). The van der Waals surface area contributed by atoms with E-state index in [1.165, 1.54) is 12.1 Å². The van der Waals surface area contributed by atoms with Crippen molar-refractivity contribution in [2.75, 3.05) is 18.0 Å². The summed E-state index contributed by atoms with van der Waals surface area (Å²) in [6.07, 6.45) is 2.11. The number of rotatable bonds is 4. The third-order valence-electron chi connectivity index (χ3n) is 3.95. The van der Waals surface area contributed by atoms with Crippen LogP contribution in [0.15, 0.2) is 18.2 Å². The van der Waals surface area contributed by atoms with Crippen LogP contribution in [0.25, 0.3) is 0 Å². The van der Waals surface area contributed by atoms with Gasteiger partial charge in [-0.2, -0.15) is 0 Å². The first kappa shape index (κ1) is 19.0. The number of ether oxygens (including phenoxy) is 1. The molecule has 0 radical (unpaired) electrons. The van der Waals surface area contributed by atoms with E-state index in [9.17, 15) is 19.3 Å². The molecular formula is C17H24FN3O4. The molecule has 0 saturated carbocycles. The average molecular weight is 353 g/mol. The van der Waals surface area contributed by atoms with E-state index in [-0.39, 0.29) is 11.7 Å². The lowest BCUT2D eigenvalue weighted by Crippen LogP contribution is -2.47. The molecule has 1 unspecified atom stereocenters.